The number of rotatable bonds is 1. The molecule has 24 heavy (non-hydrogen) atoms. The van der Waals surface area contributed by atoms with Crippen LogP contribution in [0.25, 0.3) is 0 Å². The first-order valence-electron chi connectivity index (χ1n) is 7.79. The highest BCUT2D eigenvalue weighted by atomic mass is 79.9. The summed E-state index contributed by atoms with van der Waals surface area (Å²) in [6.07, 6.45) is 3.41. The minimum absolute atomic E-state index is 0.101. The fourth-order valence-corrected chi connectivity index (χ4v) is 4.06. The van der Waals surface area contributed by atoms with E-state index in [1.807, 2.05) is 24.3 Å². The van der Waals surface area contributed by atoms with Crippen molar-refractivity contribution in [2.45, 2.75) is 31.6 Å². The summed E-state index contributed by atoms with van der Waals surface area (Å²) in [4.78, 5) is 0. The summed E-state index contributed by atoms with van der Waals surface area (Å²) in [6, 6.07) is 14.2. The molecule has 5 heteroatoms. The molecule has 0 aliphatic heterocycles. The van der Waals surface area contributed by atoms with Crippen LogP contribution in [0.5, 0.6) is 0 Å². The zero-order chi connectivity index (χ0) is 17.3. The second kappa shape index (κ2) is 6.16. The van der Waals surface area contributed by atoms with Gasteiger partial charge in [-0.05, 0) is 49.0 Å². The molecule has 0 amide bonds. The number of nitrogens with zero attached hydrogens (tertiary/aromatic N) is 3. The molecule has 0 bridgehead atoms. The SMILES string of the molecule is N#CC1=C(N)C(C#N)(C#N)C2=C(CCCC2)C1c1ccc(Br)cc1. The summed E-state index contributed by atoms with van der Waals surface area (Å²) in [5.41, 5.74) is 7.97. The van der Waals surface area contributed by atoms with Crippen molar-refractivity contribution in [1.82, 2.24) is 0 Å². The van der Waals surface area contributed by atoms with Crippen LogP contribution in [0, 0.1) is 39.4 Å². The largest absolute Gasteiger partial charge is 0.399 e. The topological polar surface area (TPSA) is 97.4 Å². The predicted octanol–water partition coefficient (Wildman–Crippen LogP) is 4.19. The van der Waals surface area contributed by atoms with Crippen LogP contribution in [0.1, 0.15) is 37.2 Å². The maximum absolute atomic E-state index is 9.72. The Labute approximate surface area is 149 Å². The van der Waals surface area contributed by atoms with E-state index in [2.05, 4.69) is 34.1 Å². The van der Waals surface area contributed by atoms with Gasteiger partial charge in [-0.1, -0.05) is 33.6 Å². The molecule has 3 rings (SSSR count). The third-order valence-electron chi connectivity index (χ3n) is 4.95. The smallest absolute Gasteiger partial charge is 0.204 e. The lowest BCUT2D eigenvalue weighted by atomic mass is 9.62. The Bertz CT molecular complexity index is 858. The monoisotopic (exact) mass is 378 g/mol. The third kappa shape index (κ3) is 2.23. The maximum atomic E-state index is 9.72. The third-order valence-corrected chi connectivity index (χ3v) is 5.48. The number of allylic oxidation sites excluding steroid dienone is 3. The number of benzene rings is 1. The molecule has 0 heterocycles. The van der Waals surface area contributed by atoms with E-state index in [1.165, 1.54) is 0 Å². The van der Waals surface area contributed by atoms with Crippen molar-refractivity contribution < 1.29 is 0 Å². The zero-order valence-corrected chi connectivity index (χ0v) is 14.6. The van der Waals surface area contributed by atoms with Crippen molar-refractivity contribution in [2.24, 2.45) is 11.1 Å². The van der Waals surface area contributed by atoms with Crippen LogP contribution in [-0.4, -0.2) is 0 Å². The number of nitrogens with two attached hydrogens (primary N) is 1. The second-order valence-electron chi connectivity index (χ2n) is 6.11. The Morgan fingerprint density at radius 1 is 1.04 bits per heavy atom. The summed E-state index contributed by atoms with van der Waals surface area (Å²) in [6.45, 7) is 0. The van der Waals surface area contributed by atoms with Crippen molar-refractivity contribution in [3.8, 4) is 18.2 Å². The number of halogens is 1. The van der Waals surface area contributed by atoms with Crippen LogP contribution in [-0.2, 0) is 0 Å². The van der Waals surface area contributed by atoms with E-state index >= 15 is 0 Å². The fraction of sp³-hybridized carbons (Fsp3) is 0.316. The molecule has 1 aromatic rings. The number of nitriles is 3. The summed E-state index contributed by atoms with van der Waals surface area (Å²) >= 11 is 3.42. The molecular weight excluding hydrogens is 364 g/mol. The van der Waals surface area contributed by atoms with Gasteiger partial charge in [0, 0.05) is 10.4 Å². The first-order valence-corrected chi connectivity index (χ1v) is 8.59. The Morgan fingerprint density at radius 2 is 1.67 bits per heavy atom. The van der Waals surface area contributed by atoms with Crippen molar-refractivity contribution in [2.75, 3.05) is 0 Å². The van der Waals surface area contributed by atoms with E-state index in [-0.39, 0.29) is 11.6 Å². The van der Waals surface area contributed by atoms with Crippen LogP contribution in [0.2, 0.25) is 0 Å². The Balaban J connectivity index is 2.30. The molecule has 0 radical (unpaired) electrons. The second-order valence-corrected chi connectivity index (χ2v) is 7.02. The van der Waals surface area contributed by atoms with Gasteiger partial charge >= 0.3 is 0 Å². The van der Waals surface area contributed by atoms with E-state index in [0.717, 1.165) is 40.4 Å². The van der Waals surface area contributed by atoms with Gasteiger partial charge in [0.25, 0.3) is 0 Å². The Hall–Kier alpha value is -2.55. The van der Waals surface area contributed by atoms with Crippen molar-refractivity contribution in [3.05, 3.63) is 56.7 Å². The lowest BCUT2D eigenvalue weighted by Crippen LogP contribution is -2.36. The molecule has 1 aromatic carbocycles. The molecule has 0 aromatic heterocycles. The van der Waals surface area contributed by atoms with Crippen molar-refractivity contribution >= 4 is 15.9 Å². The van der Waals surface area contributed by atoms with Gasteiger partial charge in [0.1, 0.15) is 0 Å². The van der Waals surface area contributed by atoms with E-state index in [0.29, 0.717) is 12.0 Å². The standard InChI is InChI=1S/C19H15BrN4/c20-13-7-5-12(6-8-13)17-14-3-1-2-4-16(14)19(10-22,11-23)18(24)15(17)9-21/h5-8,17H,1-4,24H2. The molecule has 1 atom stereocenters. The summed E-state index contributed by atoms with van der Waals surface area (Å²) in [7, 11) is 0. The first-order chi connectivity index (χ1) is 11.6. The first kappa shape index (κ1) is 16.3. The highest BCUT2D eigenvalue weighted by molar-refractivity contribution is 9.10. The van der Waals surface area contributed by atoms with E-state index in [9.17, 15) is 15.8 Å². The molecular formula is C19H15BrN4. The van der Waals surface area contributed by atoms with Gasteiger partial charge in [-0.3, -0.25) is 0 Å². The lowest BCUT2D eigenvalue weighted by Gasteiger charge is -2.38. The van der Waals surface area contributed by atoms with Crippen molar-refractivity contribution in [1.29, 1.82) is 15.8 Å². The van der Waals surface area contributed by atoms with Crippen LogP contribution in [0.3, 0.4) is 0 Å². The predicted molar refractivity (Wildman–Crippen MR) is 92.9 cm³/mol. The molecule has 0 fully saturated rings. The summed E-state index contributed by atoms with van der Waals surface area (Å²) in [5.74, 6) is -0.256. The highest BCUT2D eigenvalue weighted by Gasteiger charge is 2.48. The quantitative estimate of drug-likeness (QED) is 0.740. The van der Waals surface area contributed by atoms with Gasteiger partial charge in [-0.2, -0.15) is 15.8 Å². The highest BCUT2D eigenvalue weighted by Crippen LogP contribution is 2.52. The molecule has 0 saturated carbocycles. The lowest BCUT2D eigenvalue weighted by molar-refractivity contribution is 0.536. The molecule has 2 aliphatic carbocycles. The van der Waals surface area contributed by atoms with Gasteiger partial charge in [-0.15, -0.1) is 0 Å². The van der Waals surface area contributed by atoms with Gasteiger partial charge in [0.2, 0.25) is 5.41 Å². The fourth-order valence-electron chi connectivity index (χ4n) is 3.80. The van der Waals surface area contributed by atoms with Gasteiger partial charge < -0.3 is 5.73 Å². The van der Waals surface area contributed by atoms with Gasteiger partial charge in [0.05, 0.1) is 29.5 Å². The van der Waals surface area contributed by atoms with Crippen LogP contribution in [0.4, 0.5) is 0 Å². The molecule has 4 nitrogen and oxygen atoms in total. The van der Waals surface area contributed by atoms with E-state index in [1.54, 1.807) is 0 Å². The van der Waals surface area contributed by atoms with Gasteiger partial charge in [-0.25, -0.2) is 0 Å². The number of hydrogen-bond acceptors (Lipinski definition) is 4. The summed E-state index contributed by atoms with van der Waals surface area (Å²) in [5, 5.41) is 29.2. The van der Waals surface area contributed by atoms with Crippen LogP contribution >= 0.6 is 15.9 Å². The van der Waals surface area contributed by atoms with Crippen molar-refractivity contribution in [3.63, 3.8) is 0 Å². The summed E-state index contributed by atoms with van der Waals surface area (Å²) < 4.78 is 0.957. The zero-order valence-electron chi connectivity index (χ0n) is 13.0. The molecule has 2 aliphatic rings. The average molecular weight is 379 g/mol. The average Bonchev–Trinajstić information content (AvgIpc) is 2.62. The van der Waals surface area contributed by atoms with Gasteiger partial charge in [0.15, 0.2) is 0 Å². The normalized spacial score (nSPS) is 22.2. The molecule has 118 valence electrons. The van der Waals surface area contributed by atoms with E-state index in [4.69, 9.17) is 5.73 Å². The van der Waals surface area contributed by atoms with Crippen LogP contribution < -0.4 is 5.73 Å². The Kier molecular flexibility index (Phi) is 4.18. The molecule has 0 saturated heterocycles. The van der Waals surface area contributed by atoms with Crippen LogP contribution in [0.15, 0.2) is 51.2 Å². The Morgan fingerprint density at radius 3 is 2.25 bits per heavy atom. The minimum atomic E-state index is -1.49. The molecule has 2 N–H and O–H groups in total. The van der Waals surface area contributed by atoms with E-state index < -0.39 is 5.41 Å². The number of hydrogen-bond donors (Lipinski definition) is 1. The molecule has 0 spiro atoms. The minimum Gasteiger partial charge on any atom is -0.399 e. The maximum Gasteiger partial charge on any atom is 0.204 e. The molecule has 1 unspecified atom stereocenters.